The number of aromatic nitrogens is 1. The van der Waals surface area contributed by atoms with Crippen LogP contribution in [0, 0.1) is 5.82 Å². The maximum atomic E-state index is 13.9. The first-order chi connectivity index (χ1) is 9.28. The highest BCUT2D eigenvalue weighted by molar-refractivity contribution is 5.86. The van der Waals surface area contributed by atoms with Gasteiger partial charge in [-0.15, -0.1) is 0 Å². The topological polar surface area (TPSA) is 30.0 Å². The number of aldehydes is 1. The summed E-state index contributed by atoms with van der Waals surface area (Å²) in [4.78, 5) is 15.0. The molecule has 0 saturated carbocycles. The molecule has 0 aliphatic carbocycles. The molecule has 0 aliphatic heterocycles. The van der Waals surface area contributed by atoms with Gasteiger partial charge in [-0.05, 0) is 42.0 Å². The Morgan fingerprint density at radius 2 is 1.95 bits per heavy atom. The van der Waals surface area contributed by atoms with Crippen LogP contribution in [0.25, 0.3) is 22.0 Å². The molecular weight excluding hydrogens is 241 g/mol. The molecule has 3 aromatic rings. The Hall–Kier alpha value is -2.55. The molecule has 0 amide bonds. The van der Waals surface area contributed by atoms with Crippen molar-refractivity contribution >= 4 is 17.2 Å². The fourth-order valence-corrected chi connectivity index (χ4v) is 2.08. The minimum absolute atomic E-state index is 0.339. The molecule has 92 valence electrons. The van der Waals surface area contributed by atoms with Crippen LogP contribution in [-0.4, -0.2) is 11.3 Å². The smallest absolute Gasteiger partial charge is 0.150 e. The van der Waals surface area contributed by atoms with Crippen LogP contribution in [0.4, 0.5) is 4.39 Å². The van der Waals surface area contributed by atoms with Crippen LogP contribution in [-0.2, 0) is 0 Å². The quantitative estimate of drug-likeness (QED) is 0.647. The molecule has 0 aliphatic rings. The molecule has 0 radical (unpaired) electrons. The monoisotopic (exact) mass is 251 g/mol. The largest absolute Gasteiger partial charge is 0.298 e. The van der Waals surface area contributed by atoms with Gasteiger partial charge in [0.25, 0.3) is 0 Å². The lowest BCUT2D eigenvalue weighted by atomic mass is 10.0. The van der Waals surface area contributed by atoms with Gasteiger partial charge in [-0.1, -0.05) is 12.1 Å². The molecule has 2 aromatic carbocycles. The van der Waals surface area contributed by atoms with Crippen LogP contribution in [0.3, 0.4) is 0 Å². The number of halogens is 1. The van der Waals surface area contributed by atoms with Gasteiger partial charge in [0.05, 0.1) is 5.52 Å². The number of carbonyl (C=O) groups is 1. The third-order valence-corrected chi connectivity index (χ3v) is 3.04. The molecule has 19 heavy (non-hydrogen) atoms. The molecule has 0 atom stereocenters. The van der Waals surface area contributed by atoms with Crippen molar-refractivity contribution in [1.29, 1.82) is 0 Å². The lowest BCUT2D eigenvalue weighted by molar-refractivity contribution is 0.112. The second-order valence-corrected chi connectivity index (χ2v) is 4.27. The Bertz CT molecular complexity index is 768. The summed E-state index contributed by atoms with van der Waals surface area (Å²) >= 11 is 0. The third-order valence-electron chi connectivity index (χ3n) is 3.04. The van der Waals surface area contributed by atoms with Crippen LogP contribution >= 0.6 is 0 Å². The van der Waals surface area contributed by atoms with E-state index in [1.165, 1.54) is 12.1 Å². The molecule has 3 heteroatoms. The van der Waals surface area contributed by atoms with E-state index >= 15 is 0 Å². The predicted octanol–water partition coefficient (Wildman–Crippen LogP) is 3.85. The van der Waals surface area contributed by atoms with Gasteiger partial charge in [0.2, 0.25) is 0 Å². The average molecular weight is 251 g/mol. The van der Waals surface area contributed by atoms with Crippen molar-refractivity contribution in [2.24, 2.45) is 0 Å². The van der Waals surface area contributed by atoms with Gasteiger partial charge in [0, 0.05) is 22.7 Å². The van der Waals surface area contributed by atoms with Crippen LogP contribution in [0.1, 0.15) is 10.4 Å². The van der Waals surface area contributed by atoms with Gasteiger partial charge in [-0.2, -0.15) is 0 Å². The summed E-state index contributed by atoms with van der Waals surface area (Å²) in [7, 11) is 0. The van der Waals surface area contributed by atoms with Crippen LogP contribution < -0.4 is 0 Å². The molecule has 2 nitrogen and oxygen atoms in total. The second kappa shape index (κ2) is 4.61. The number of hydrogen-bond donors (Lipinski definition) is 0. The Morgan fingerprint density at radius 3 is 2.79 bits per heavy atom. The summed E-state index contributed by atoms with van der Waals surface area (Å²) in [6.07, 6.45) is 2.43. The van der Waals surface area contributed by atoms with Crippen molar-refractivity contribution in [2.75, 3.05) is 0 Å². The van der Waals surface area contributed by atoms with Crippen LogP contribution in [0.5, 0.6) is 0 Å². The van der Waals surface area contributed by atoms with Gasteiger partial charge in [0.1, 0.15) is 12.1 Å². The molecule has 0 saturated heterocycles. The Morgan fingerprint density at radius 1 is 1.05 bits per heavy atom. The van der Waals surface area contributed by atoms with E-state index in [1.807, 2.05) is 30.3 Å². The fraction of sp³-hybridized carbons (Fsp3) is 0. The highest BCUT2D eigenvalue weighted by atomic mass is 19.1. The van der Waals surface area contributed by atoms with Crippen molar-refractivity contribution in [3.05, 3.63) is 66.1 Å². The zero-order chi connectivity index (χ0) is 13.2. The van der Waals surface area contributed by atoms with Gasteiger partial charge in [-0.3, -0.25) is 9.78 Å². The maximum Gasteiger partial charge on any atom is 0.150 e. The van der Waals surface area contributed by atoms with Crippen molar-refractivity contribution in [2.45, 2.75) is 0 Å². The Balaban J connectivity index is 2.21. The Kier molecular flexibility index (Phi) is 2.80. The zero-order valence-corrected chi connectivity index (χ0v) is 10.0. The number of nitrogens with zero attached hydrogens (tertiary/aromatic N) is 1. The molecule has 3 rings (SSSR count). The van der Waals surface area contributed by atoms with Gasteiger partial charge in [-0.25, -0.2) is 4.39 Å². The van der Waals surface area contributed by atoms with Gasteiger partial charge >= 0.3 is 0 Å². The summed E-state index contributed by atoms with van der Waals surface area (Å²) < 4.78 is 13.9. The molecule has 0 bridgehead atoms. The number of rotatable bonds is 2. The van der Waals surface area contributed by atoms with E-state index in [0.717, 1.165) is 16.5 Å². The summed E-state index contributed by atoms with van der Waals surface area (Å²) in [6.45, 7) is 0. The average Bonchev–Trinajstić information content (AvgIpc) is 2.47. The first kappa shape index (κ1) is 11.5. The summed E-state index contributed by atoms with van der Waals surface area (Å²) in [6, 6.07) is 13.6. The van der Waals surface area contributed by atoms with Crippen molar-refractivity contribution in [3.63, 3.8) is 0 Å². The van der Waals surface area contributed by atoms with Gasteiger partial charge < -0.3 is 0 Å². The number of pyridine rings is 1. The van der Waals surface area contributed by atoms with E-state index in [9.17, 15) is 9.18 Å². The molecule has 0 unspecified atom stereocenters. The van der Waals surface area contributed by atoms with Crippen molar-refractivity contribution in [3.8, 4) is 11.1 Å². The van der Waals surface area contributed by atoms with E-state index in [4.69, 9.17) is 0 Å². The summed E-state index contributed by atoms with van der Waals surface area (Å²) in [5.74, 6) is -0.339. The fourth-order valence-electron chi connectivity index (χ4n) is 2.08. The van der Waals surface area contributed by atoms with Crippen molar-refractivity contribution in [1.82, 2.24) is 4.98 Å². The van der Waals surface area contributed by atoms with E-state index < -0.39 is 0 Å². The van der Waals surface area contributed by atoms with E-state index in [0.29, 0.717) is 17.4 Å². The maximum absolute atomic E-state index is 13.9. The molecule has 0 spiro atoms. The molecule has 1 heterocycles. The predicted molar refractivity (Wildman–Crippen MR) is 72.5 cm³/mol. The molecule has 0 N–H and O–H groups in total. The second-order valence-electron chi connectivity index (χ2n) is 4.27. The third kappa shape index (κ3) is 2.10. The minimum Gasteiger partial charge on any atom is -0.298 e. The summed E-state index contributed by atoms with van der Waals surface area (Å²) in [5, 5.41) is 0.941. The van der Waals surface area contributed by atoms with Crippen LogP contribution in [0.15, 0.2) is 54.7 Å². The highest BCUT2D eigenvalue weighted by Gasteiger charge is 2.07. The summed E-state index contributed by atoms with van der Waals surface area (Å²) in [5.41, 5.74) is 2.48. The van der Waals surface area contributed by atoms with E-state index in [1.54, 1.807) is 12.3 Å². The van der Waals surface area contributed by atoms with Crippen LogP contribution in [0.2, 0.25) is 0 Å². The molecule has 1 aromatic heterocycles. The van der Waals surface area contributed by atoms with Crippen molar-refractivity contribution < 1.29 is 9.18 Å². The highest BCUT2D eigenvalue weighted by Crippen LogP contribution is 2.26. The lowest BCUT2D eigenvalue weighted by Gasteiger charge is -2.06. The zero-order valence-electron chi connectivity index (χ0n) is 10.0. The normalized spacial score (nSPS) is 10.6. The number of benzene rings is 2. The number of fused-ring (bicyclic) bond motifs is 1. The standard InChI is InChI=1S/C16H10FNO/c17-15-5-3-11(10-19)8-14(15)12-4-6-16-13(9-12)2-1-7-18-16/h1-10H. The Labute approximate surface area is 109 Å². The first-order valence-corrected chi connectivity index (χ1v) is 5.88. The number of hydrogen-bond acceptors (Lipinski definition) is 2. The van der Waals surface area contributed by atoms with E-state index in [2.05, 4.69) is 4.98 Å². The number of carbonyl (C=O) groups excluding carboxylic acids is 1. The SMILES string of the molecule is O=Cc1ccc(F)c(-c2ccc3ncccc3c2)c1. The first-order valence-electron chi connectivity index (χ1n) is 5.88. The lowest BCUT2D eigenvalue weighted by Crippen LogP contribution is -1.88. The van der Waals surface area contributed by atoms with E-state index in [-0.39, 0.29) is 5.82 Å². The molecule has 0 fully saturated rings. The van der Waals surface area contributed by atoms with Gasteiger partial charge in [0.15, 0.2) is 0 Å². The minimum atomic E-state index is -0.339. The molecular formula is C16H10FNO.